The molecule has 1 unspecified atom stereocenters. The minimum absolute atomic E-state index is 0.491. The molecule has 2 aliphatic heterocycles. The maximum atomic E-state index is 5.50. The Kier molecular flexibility index (Phi) is 18.9. The zero-order valence-corrected chi connectivity index (χ0v) is 25.7. The molecule has 2 fully saturated rings. The number of aryl methyl sites for hydroxylation is 2. The first kappa shape index (κ1) is 34.2. The van der Waals surface area contributed by atoms with Crippen molar-refractivity contribution in [3.05, 3.63) is 58.7 Å². The molecular formula is C32H56N4O2. The van der Waals surface area contributed by atoms with Gasteiger partial charge >= 0.3 is 0 Å². The van der Waals surface area contributed by atoms with E-state index in [0.717, 1.165) is 65.3 Å². The Morgan fingerprint density at radius 2 is 1.55 bits per heavy atom. The lowest BCUT2D eigenvalue weighted by molar-refractivity contribution is 0.193. The molecule has 0 aromatic carbocycles. The molecule has 6 heteroatoms. The van der Waals surface area contributed by atoms with Gasteiger partial charge in [-0.15, -0.1) is 0 Å². The van der Waals surface area contributed by atoms with Gasteiger partial charge in [-0.3, -0.25) is 9.97 Å². The summed E-state index contributed by atoms with van der Waals surface area (Å²) in [4.78, 5) is 11.6. The van der Waals surface area contributed by atoms with Gasteiger partial charge in [-0.25, -0.2) is 0 Å². The van der Waals surface area contributed by atoms with Gasteiger partial charge in [-0.1, -0.05) is 60.6 Å². The van der Waals surface area contributed by atoms with Crippen molar-refractivity contribution in [3.8, 4) is 0 Å². The predicted molar refractivity (Wildman–Crippen MR) is 161 cm³/mol. The van der Waals surface area contributed by atoms with Gasteiger partial charge in [0.1, 0.15) is 0 Å². The van der Waals surface area contributed by atoms with Crippen LogP contribution in [0.25, 0.3) is 0 Å². The van der Waals surface area contributed by atoms with Crippen LogP contribution in [-0.2, 0) is 35.4 Å². The van der Waals surface area contributed by atoms with Crippen LogP contribution < -0.4 is 5.32 Å². The summed E-state index contributed by atoms with van der Waals surface area (Å²) in [6.07, 6.45) is 5.70. The molecule has 2 saturated heterocycles. The molecule has 2 aromatic rings. The standard InChI is InChI=1S/C15H24N2O.C11H18N2.C4H8O.C2H6/c1-4-13-5-6-14(12-7-8-18-10-12)15(17-13)9-16-11(2)3;1-4-10-7-6-8-11(12-10)9-13(3)5-2;1-2-4-5-3-1;1-2/h5-6,11-12,16H,4,7-10H2,1-3H3;6-8H,4-5,9H2,1-3H3;1-4H2;1-2H3. The van der Waals surface area contributed by atoms with Crippen molar-refractivity contribution in [1.29, 1.82) is 0 Å². The lowest BCUT2D eigenvalue weighted by atomic mass is 9.96. The lowest BCUT2D eigenvalue weighted by Crippen LogP contribution is -2.24. The fourth-order valence-electron chi connectivity index (χ4n) is 4.06. The Balaban J connectivity index is 0.000000313. The monoisotopic (exact) mass is 528 g/mol. The second kappa shape index (κ2) is 21.0. The summed E-state index contributed by atoms with van der Waals surface area (Å²) in [5.41, 5.74) is 6.11. The molecule has 38 heavy (non-hydrogen) atoms. The highest BCUT2D eigenvalue weighted by atomic mass is 16.5. The third-order valence-corrected chi connectivity index (χ3v) is 6.50. The van der Waals surface area contributed by atoms with E-state index in [1.807, 2.05) is 13.8 Å². The number of ether oxygens (including phenoxy) is 2. The Bertz CT molecular complexity index is 841. The summed E-state index contributed by atoms with van der Waals surface area (Å²) in [5, 5.41) is 3.47. The van der Waals surface area contributed by atoms with Crippen LogP contribution in [0.3, 0.4) is 0 Å². The maximum absolute atomic E-state index is 5.50. The van der Waals surface area contributed by atoms with E-state index in [-0.39, 0.29) is 0 Å². The van der Waals surface area contributed by atoms with Gasteiger partial charge in [0.05, 0.1) is 18.0 Å². The van der Waals surface area contributed by atoms with Crippen LogP contribution in [0.15, 0.2) is 30.3 Å². The minimum Gasteiger partial charge on any atom is -0.381 e. The number of pyridine rings is 2. The van der Waals surface area contributed by atoms with Crippen LogP contribution in [0.5, 0.6) is 0 Å². The molecule has 0 bridgehead atoms. The van der Waals surface area contributed by atoms with Gasteiger partial charge in [-0.2, -0.15) is 0 Å². The second-order valence-electron chi connectivity index (χ2n) is 9.91. The normalized spacial score (nSPS) is 16.3. The molecule has 216 valence electrons. The number of nitrogens with one attached hydrogen (secondary N) is 1. The number of hydrogen-bond donors (Lipinski definition) is 1. The first-order valence-electron chi connectivity index (χ1n) is 15.0. The summed E-state index contributed by atoms with van der Waals surface area (Å²) in [6, 6.07) is 11.2. The van der Waals surface area contributed by atoms with Gasteiger partial charge < -0.3 is 19.7 Å². The average Bonchev–Trinajstić information content (AvgIpc) is 3.71. The summed E-state index contributed by atoms with van der Waals surface area (Å²) < 4.78 is 10.4. The second-order valence-corrected chi connectivity index (χ2v) is 9.91. The molecule has 0 amide bonds. The summed E-state index contributed by atoms with van der Waals surface area (Å²) in [7, 11) is 2.11. The number of rotatable bonds is 9. The van der Waals surface area contributed by atoms with E-state index >= 15 is 0 Å². The zero-order chi connectivity index (χ0) is 28.2. The van der Waals surface area contributed by atoms with E-state index in [1.165, 1.54) is 41.2 Å². The van der Waals surface area contributed by atoms with Crippen molar-refractivity contribution in [3.63, 3.8) is 0 Å². The lowest BCUT2D eigenvalue weighted by Gasteiger charge is -2.16. The number of aromatic nitrogens is 2. The van der Waals surface area contributed by atoms with Crippen LogP contribution in [0.1, 0.15) is 102 Å². The highest BCUT2D eigenvalue weighted by Crippen LogP contribution is 2.27. The zero-order valence-electron chi connectivity index (χ0n) is 25.7. The topological polar surface area (TPSA) is 59.5 Å². The van der Waals surface area contributed by atoms with Crippen LogP contribution in [0.4, 0.5) is 0 Å². The molecule has 0 spiro atoms. The van der Waals surface area contributed by atoms with Gasteiger partial charge in [0.2, 0.25) is 0 Å². The smallest absolute Gasteiger partial charge is 0.0580 e. The summed E-state index contributed by atoms with van der Waals surface area (Å²) in [5.74, 6) is 0.535. The molecule has 2 aliphatic rings. The van der Waals surface area contributed by atoms with E-state index in [2.05, 4.69) is 87.2 Å². The molecule has 6 nitrogen and oxygen atoms in total. The summed E-state index contributed by atoms with van der Waals surface area (Å²) in [6.45, 7) is 21.4. The maximum Gasteiger partial charge on any atom is 0.0580 e. The molecule has 0 aliphatic carbocycles. The van der Waals surface area contributed by atoms with E-state index in [9.17, 15) is 0 Å². The first-order valence-corrected chi connectivity index (χ1v) is 15.0. The summed E-state index contributed by atoms with van der Waals surface area (Å²) >= 11 is 0. The highest BCUT2D eigenvalue weighted by molar-refractivity contribution is 5.28. The van der Waals surface area contributed by atoms with Crippen molar-refractivity contribution < 1.29 is 9.47 Å². The Labute approximate surface area is 233 Å². The quantitative estimate of drug-likeness (QED) is 0.397. The molecular weight excluding hydrogens is 472 g/mol. The van der Waals surface area contributed by atoms with Gasteiger partial charge in [0, 0.05) is 56.3 Å². The third-order valence-electron chi connectivity index (χ3n) is 6.50. The third kappa shape index (κ3) is 13.8. The first-order chi connectivity index (χ1) is 18.5. The van der Waals surface area contributed by atoms with Gasteiger partial charge in [0.15, 0.2) is 0 Å². The fraction of sp³-hybridized carbons (Fsp3) is 0.688. The molecule has 0 radical (unpaired) electrons. The SMILES string of the molecule is C1CCOC1.CC.CCc1ccc(C2CCOC2)c(CNC(C)C)n1.CCc1cccc(CN(C)CC)n1. The van der Waals surface area contributed by atoms with E-state index in [0.29, 0.717) is 12.0 Å². The number of nitrogens with zero attached hydrogens (tertiary/aromatic N) is 3. The molecule has 2 aromatic heterocycles. The molecule has 1 atom stereocenters. The minimum atomic E-state index is 0.491. The van der Waals surface area contributed by atoms with Gasteiger partial charge in [0.25, 0.3) is 0 Å². The Hall–Kier alpha value is -1.86. The van der Waals surface area contributed by atoms with Crippen LogP contribution in [0.2, 0.25) is 0 Å². The molecule has 0 saturated carbocycles. The molecule has 4 heterocycles. The van der Waals surface area contributed by atoms with Crippen molar-refractivity contribution in [2.45, 2.75) is 106 Å². The van der Waals surface area contributed by atoms with Crippen molar-refractivity contribution in [1.82, 2.24) is 20.2 Å². The average molecular weight is 529 g/mol. The van der Waals surface area contributed by atoms with E-state index < -0.39 is 0 Å². The highest BCUT2D eigenvalue weighted by Gasteiger charge is 2.21. The Morgan fingerprint density at radius 3 is 2.08 bits per heavy atom. The van der Waals surface area contributed by atoms with Crippen molar-refractivity contribution >= 4 is 0 Å². The van der Waals surface area contributed by atoms with Crippen molar-refractivity contribution in [2.24, 2.45) is 0 Å². The number of hydrogen-bond acceptors (Lipinski definition) is 6. The van der Waals surface area contributed by atoms with E-state index in [1.54, 1.807) is 0 Å². The fourth-order valence-corrected chi connectivity index (χ4v) is 4.06. The predicted octanol–water partition coefficient (Wildman–Crippen LogP) is 6.56. The van der Waals surface area contributed by atoms with Gasteiger partial charge in [-0.05, 0) is 69.5 Å². The van der Waals surface area contributed by atoms with E-state index in [4.69, 9.17) is 14.5 Å². The van der Waals surface area contributed by atoms with Crippen LogP contribution in [0, 0.1) is 0 Å². The van der Waals surface area contributed by atoms with Crippen molar-refractivity contribution in [2.75, 3.05) is 40.0 Å². The van der Waals surface area contributed by atoms with Crippen LogP contribution >= 0.6 is 0 Å². The molecule has 1 N–H and O–H groups in total. The largest absolute Gasteiger partial charge is 0.381 e. The van der Waals surface area contributed by atoms with Crippen LogP contribution in [-0.4, -0.2) is 60.9 Å². The molecule has 4 rings (SSSR count). The Morgan fingerprint density at radius 1 is 0.895 bits per heavy atom.